The van der Waals surface area contributed by atoms with Gasteiger partial charge in [0.05, 0.1) is 6.54 Å². The minimum atomic E-state index is -0.300. The molecule has 1 aliphatic rings. The van der Waals surface area contributed by atoms with Crippen LogP contribution in [0.25, 0.3) is 0 Å². The van der Waals surface area contributed by atoms with E-state index in [0.29, 0.717) is 12.1 Å². The second kappa shape index (κ2) is 7.03. The van der Waals surface area contributed by atoms with Gasteiger partial charge in [0, 0.05) is 28.3 Å². The van der Waals surface area contributed by atoms with Crippen LogP contribution in [0.3, 0.4) is 0 Å². The van der Waals surface area contributed by atoms with Gasteiger partial charge in [0.15, 0.2) is 0 Å². The lowest BCUT2D eigenvalue weighted by molar-refractivity contribution is -0.119. The number of halogens is 1. The molecule has 0 atom stereocenters. The second-order valence-corrected chi connectivity index (χ2v) is 6.24. The highest BCUT2D eigenvalue weighted by atomic mass is 127. The van der Waals surface area contributed by atoms with Gasteiger partial charge in [-0.05, 0) is 59.7 Å². The third-order valence-electron chi connectivity index (χ3n) is 3.41. The molecule has 1 saturated heterocycles. The van der Waals surface area contributed by atoms with Crippen LogP contribution in [0.15, 0.2) is 24.3 Å². The third-order valence-corrected chi connectivity index (χ3v) is 4.13. The monoisotopic (exact) mass is 387 g/mol. The molecule has 108 valence electrons. The standard InChI is InChI=1S/C14H18IN3O2/c15-11-3-1-10(2-4-11)14(20)17-12-5-7-18(8-6-12)9-13(16)19/h1-4,12H,5-9H2,(H2,16,19)(H,17,20). The number of carbonyl (C=O) groups excluding carboxylic acids is 2. The first kappa shape index (κ1) is 15.2. The molecule has 1 heterocycles. The van der Waals surface area contributed by atoms with E-state index >= 15 is 0 Å². The van der Waals surface area contributed by atoms with E-state index in [1.54, 1.807) is 0 Å². The van der Waals surface area contributed by atoms with Crippen molar-refractivity contribution in [1.29, 1.82) is 0 Å². The normalized spacial score (nSPS) is 16.9. The van der Waals surface area contributed by atoms with E-state index in [-0.39, 0.29) is 17.9 Å². The van der Waals surface area contributed by atoms with Crippen LogP contribution in [0.1, 0.15) is 23.2 Å². The number of likely N-dealkylation sites (tertiary alicyclic amines) is 1. The van der Waals surface area contributed by atoms with Crippen molar-refractivity contribution in [3.63, 3.8) is 0 Å². The summed E-state index contributed by atoms with van der Waals surface area (Å²) in [6.45, 7) is 1.89. The molecule has 0 bridgehead atoms. The molecular formula is C14H18IN3O2. The van der Waals surface area contributed by atoms with E-state index < -0.39 is 0 Å². The van der Waals surface area contributed by atoms with E-state index in [0.717, 1.165) is 29.5 Å². The number of piperidine rings is 1. The molecule has 0 aliphatic carbocycles. The molecule has 2 amide bonds. The SMILES string of the molecule is NC(=O)CN1CCC(NC(=O)c2ccc(I)cc2)CC1. The lowest BCUT2D eigenvalue weighted by atomic mass is 10.0. The van der Waals surface area contributed by atoms with Crippen molar-refractivity contribution in [2.75, 3.05) is 19.6 Å². The zero-order valence-corrected chi connectivity index (χ0v) is 13.3. The van der Waals surface area contributed by atoms with Crippen molar-refractivity contribution >= 4 is 34.4 Å². The first-order chi connectivity index (χ1) is 9.54. The Kier molecular flexibility index (Phi) is 5.36. The number of carbonyl (C=O) groups is 2. The topological polar surface area (TPSA) is 75.4 Å². The zero-order chi connectivity index (χ0) is 14.5. The van der Waals surface area contributed by atoms with Gasteiger partial charge in [-0.25, -0.2) is 0 Å². The lowest BCUT2D eigenvalue weighted by Gasteiger charge is -2.31. The number of hydrogen-bond acceptors (Lipinski definition) is 3. The highest BCUT2D eigenvalue weighted by Gasteiger charge is 2.21. The molecule has 1 aromatic rings. The van der Waals surface area contributed by atoms with Gasteiger partial charge in [-0.2, -0.15) is 0 Å². The first-order valence-corrected chi connectivity index (χ1v) is 7.69. The summed E-state index contributed by atoms with van der Waals surface area (Å²) in [6, 6.07) is 7.68. The maximum Gasteiger partial charge on any atom is 0.251 e. The van der Waals surface area contributed by atoms with Crippen LogP contribution >= 0.6 is 22.6 Å². The van der Waals surface area contributed by atoms with Crippen molar-refractivity contribution in [1.82, 2.24) is 10.2 Å². The minimum absolute atomic E-state index is 0.0326. The van der Waals surface area contributed by atoms with Crippen LogP contribution in [0.4, 0.5) is 0 Å². The fourth-order valence-electron chi connectivity index (χ4n) is 2.33. The molecule has 0 radical (unpaired) electrons. The fraction of sp³-hybridized carbons (Fsp3) is 0.429. The average molecular weight is 387 g/mol. The molecule has 1 fully saturated rings. The van der Waals surface area contributed by atoms with Crippen LogP contribution in [0, 0.1) is 3.57 Å². The number of amides is 2. The van der Waals surface area contributed by atoms with Gasteiger partial charge in [0.1, 0.15) is 0 Å². The quantitative estimate of drug-likeness (QED) is 0.757. The third kappa shape index (κ3) is 4.45. The summed E-state index contributed by atoms with van der Waals surface area (Å²) in [5, 5.41) is 3.04. The molecule has 6 heteroatoms. The van der Waals surface area contributed by atoms with Crippen molar-refractivity contribution < 1.29 is 9.59 Å². The number of primary amides is 1. The van der Waals surface area contributed by atoms with Crippen LogP contribution in [-0.2, 0) is 4.79 Å². The minimum Gasteiger partial charge on any atom is -0.369 e. The number of hydrogen-bond donors (Lipinski definition) is 2. The van der Waals surface area contributed by atoms with Crippen molar-refractivity contribution in [2.24, 2.45) is 5.73 Å². The van der Waals surface area contributed by atoms with Gasteiger partial charge < -0.3 is 11.1 Å². The first-order valence-electron chi connectivity index (χ1n) is 6.61. The average Bonchev–Trinajstić information content (AvgIpc) is 2.41. The molecular weight excluding hydrogens is 369 g/mol. The fourth-order valence-corrected chi connectivity index (χ4v) is 2.69. The Morgan fingerprint density at radius 1 is 1.25 bits per heavy atom. The van der Waals surface area contributed by atoms with Crippen molar-refractivity contribution in [3.8, 4) is 0 Å². The molecule has 0 aromatic heterocycles. The Morgan fingerprint density at radius 3 is 2.40 bits per heavy atom. The molecule has 5 nitrogen and oxygen atoms in total. The molecule has 3 N–H and O–H groups in total. The number of nitrogens with two attached hydrogens (primary N) is 1. The Morgan fingerprint density at radius 2 is 1.85 bits per heavy atom. The molecule has 1 aromatic carbocycles. The number of nitrogens with one attached hydrogen (secondary N) is 1. The predicted octanol–water partition coefficient (Wildman–Crippen LogP) is 0.971. The second-order valence-electron chi connectivity index (χ2n) is 5.00. The van der Waals surface area contributed by atoms with Gasteiger partial charge >= 0.3 is 0 Å². The van der Waals surface area contributed by atoms with E-state index in [2.05, 4.69) is 27.9 Å². The summed E-state index contributed by atoms with van der Waals surface area (Å²) in [7, 11) is 0. The van der Waals surface area contributed by atoms with E-state index in [9.17, 15) is 9.59 Å². The maximum atomic E-state index is 12.1. The van der Waals surface area contributed by atoms with Crippen molar-refractivity contribution in [3.05, 3.63) is 33.4 Å². The van der Waals surface area contributed by atoms with E-state index in [1.165, 1.54) is 0 Å². The van der Waals surface area contributed by atoms with E-state index in [4.69, 9.17) is 5.73 Å². The maximum absolute atomic E-state index is 12.1. The largest absolute Gasteiger partial charge is 0.369 e. The van der Waals surface area contributed by atoms with Gasteiger partial charge in [0.25, 0.3) is 5.91 Å². The summed E-state index contributed by atoms with van der Waals surface area (Å²) in [5.74, 6) is -0.332. The highest BCUT2D eigenvalue weighted by molar-refractivity contribution is 14.1. The summed E-state index contributed by atoms with van der Waals surface area (Å²) in [6.07, 6.45) is 1.70. The Hall–Kier alpha value is -1.15. The Balaban J connectivity index is 1.82. The van der Waals surface area contributed by atoms with Crippen LogP contribution in [0.2, 0.25) is 0 Å². The summed E-state index contributed by atoms with van der Waals surface area (Å²) < 4.78 is 1.11. The Labute approximate surface area is 132 Å². The molecule has 0 saturated carbocycles. The smallest absolute Gasteiger partial charge is 0.251 e. The van der Waals surface area contributed by atoms with Crippen molar-refractivity contribution in [2.45, 2.75) is 18.9 Å². The molecule has 2 rings (SSSR count). The van der Waals surface area contributed by atoms with Crippen LogP contribution in [0.5, 0.6) is 0 Å². The molecule has 20 heavy (non-hydrogen) atoms. The zero-order valence-electron chi connectivity index (χ0n) is 11.1. The van der Waals surface area contributed by atoms with Crippen LogP contribution < -0.4 is 11.1 Å². The highest BCUT2D eigenvalue weighted by Crippen LogP contribution is 2.12. The van der Waals surface area contributed by atoms with E-state index in [1.807, 2.05) is 29.2 Å². The molecule has 1 aliphatic heterocycles. The van der Waals surface area contributed by atoms with Gasteiger partial charge in [-0.3, -0.25) is 14.5 Å². The lowest BCUT2D eigenvalue weighted by Crippen LogP contribution is -2.46. The van der Waals surface area contributed by atoms with Gasteiger partial charge in [0.2, 0.25) is 5.91 Å². The summed E-state index contributed by atoms with van der Waals surface area (Å²) in [5.41, 5.74) is 5.86. The van der Waals surface area contributed by atoms with Gasteiger partial charge in [-0.1, -0.05) is 0 Å². The predicted molar refractivity (Wildman–Crippen MR) is 85.3 cm³/mol. The van der Waals surface area contributed by atoms with Gasteiger partial charge in [-0.15, -0.1) is 0 Å². The summed E-state index contributed by atoms with van der Waals surface area (Å²) >= 11 is 2.21. The molecule has 0 spiro atoms. The number of benzene rings is 1. The molecule has 0 unspecified atom stereocenters. The number of rotatable bonds is 4. The summed E-state index contributed by atoms with van der Waals surface area (Å²) in [4.78, 5) is 25.0. The number of nitrogens with zero attached hydrogens (tertiary/aromatic N) is 1. The Bertz CT molecular complexity index is 482. The van der Waals surface area contributed by atoms with Crippen LogP contribution in [-0.4, -0.2) is 42.4 Å².